The molecule has 0 amide bonds. The molecule has 0 aliphatic heterocycles. The topological polar surface area (TPSA) is 138 Å². The number of fused-ring (bicyclic) bond motifs is 1. The second-order valence-electron chi connectivity index (χ2n) is 8.01. The Morgan fingerprint density at radius 3 is 2.88 bits per heavy atom. The smallest absolute Gasteiger partial charge is 0.251 e. The Balaban J connectivity index is 1.32. The number of nitriles is 1. The van der Waals surface area contributed by atoms with E-state index in [1.165, 1.54) is 6.07 Å². The number of anilines is 1. The lowest BCUT2D eigenvalue weighted by Crippen LogP contribution is -2.39. The van der Waals surface area contributed by atoms with Crippen LogP contribution in [0.5, 0.6) is 0 Å². The molecule has 1 aromatic carbocycles. The minimum absolute atomic E-state index is 0.0425. The van der Waals surface area contributed by atoms with Crippen LogP contribution in [0.15, 0.2) is 52.0 Å². The Labute approximate surface area is 184 Å². The maximum Gasteiger partial charge on any atom is 0.251 e. The highest BCUT2D eigenvalue weighted by Crippen LogP contribution is 2.38. The highest BCUT2D eigenvalue weighted by Gasteiger charge is 2.34. The lowest BCUT2D eigenvalue weighted by Gasteiger charge is -2.36. The van der Waals surface area contributed by atoms with Crippen molar-refractivity contribution in [2.75, 3.05) is 11.1 Å². The molecule has 9 nitrogen and oxygen atoms in total. The van der Waals surface area contributed by atoms with Crippen molar-refractivity contribution in [2.45, 2.75) is 30.7 Å². The first-order valence-corrected chi connectivity index (χ1v) is 11.8. The zero-order valence-electron chi connectivity index (χ0n) is 17.2. The summed E-state index contributed by atoms with van der Waals surface area (Å²) in [4.78, 5) is 7.72. The molecule has 0 saturated heterocycles. The molecule has 1 saturated carbocycles. The third-order valence-electron chi connectivity index (χ3n) is 5.70. The van der Waals surface area contributed by atoms with Crippen LogP contribution in [0.1, 0.15) is 24.3 Å². The number of nitrogens with one attached hydrogen (secondary N) is 2. The van der Waals surface area contributed by atoms with Crippen molar-refractivity contribution in [3.8, 4) is 17.5 Å². The van der Waals surface area contributed by atoms with Gasteiger partial charge in [0.1, 0.15) is 5.65 Å². The van der Waals surface area contributed by atoms with E-state index >= 15 is 0 Å². The molecule has 1 fully saturated rings. The number of aromatic nitrogens is 4. The predicted molar refractivity (Wildman–Crippen MR) is 117 cm³/mol. The molecule has 0 radical (unpaired) electrons. The number of sulfone groups is 1. The highest BCUT2D eigenvalue weighted by atomic mass is 32.2. The summed E-state index contributed by atoms with van der Waals surface area (Å²) in [6.45, 7) is 1.73. The average molecular weight is 449 g/mol. The standard InChI is InChI=1S/C22H20N6O3S/c1-13-27-28-22(31-13)19-11-25-21-18(5-6-24-21)20(19)26-16-7-15(8-16)12-32(29,30)17-4-2-3-14(9-17)10-23/h2-6,9,11,15-16H,7-8,12H2,1H3,(H2,24,25,26). The molecule has 10 heteroatoms. The fourth-order valence-electron chi connectivity index (χ4n) is 4.09. The van der Waals surface area contributed by atoms with E-state index in [2.05, 4.69) is 25.5 Å². The van der Waals surface area contributed by atoms with Gasteiger partial charge in [-0.1, -0.05) is 6.07 Å². The van der Waals surface area contributed by atoms with Gasteiger partial charge in [0.2, 0.25) is 5.89 Å². The molecule has 5 rings (SSSR count). The zero-order chi connectivity index (χ0) is 22.3. The van der Waals surface area contributed by atoms with Crippen LogP contribution >= 0.6 is 0 Å². The molecule has 1 aliphatic carbocycles. The first-order valence-electron chi connectivity index (χ1n) is 10.2. The van der Waals surface area contributed by atoms with Crippen molar-refractivity contribution in [2.24, 2.45) is 5.92 Å². The van der Waals surface area contributed by atoms with Crippen molar-refractivity contribution in [3.05, 3.63) is 54.2 Å². The molecule has 3 aromatic heterocycles. The van der Waals surface area contributed by atoms with Crippen molar-refractivity contribution in [1.82, 2.24) is 20.2 Å². The Bertz CT molecular complexity index is 1440. The van der Waals surface area contributed by atoms with Crippen LogP contribution in [-0.4, -0.2) is 40.4 Å². The van der Waals surface area contributed by atoms with Gasteiger partial charge >= 0.3 is 0 Å². The molecule has 3 heterocycles. The molecule has 1 aliphatic rings. The SMILES string of the molecule is Cc1nnc(-c2cnc3[nH]ccc3c2NC2CC(CS(=O)(=O)c3cccc(C#N)c3)C2)o1. The Hall–Kier alpha value is -3.71. The summed E-state index contributed by atoms with van der Waals surface area (Å²) in [6.07, 6.45) is 4.94. The second-order valence-corrected chi connectivity index (χ2v) is 10.0. The molecular weight excluding hydrogens is 428 g/mol. The van der Waals surface area contributed by atoms with E-state index in [4.69, 9.17) is 9.68 Å². The summed E-state index contributed by atoms with van der Waals surface area (Å²) < 4.78 is 31.2. The molecule has 0 spiro atoms. The molecule has 0 unspecified atom stereocenters. The van der Waals surface area contributed by atoms with Gasteiger partial charge in [-0.3, -0.25) is 0 Å². The quantitative estimate of drug-likeness (QED) is 0.457. The summed E-state index contributed by atoms with van der Waals surface area (Å²) in [5.41, 5.74) is 2.63. The fraction of sp³-hybridized carbons (Fsp3) is 0.273. The fourth-order valence-corrected chi connectivity index (χ4v) is 5.77. The predicted octanol–water partition coefficient (Wildman–Crippen LogP) is 3.46. The maximum atomic E-state index is 12.8. The van der Waals surface area contributed by atoms with Gasteiger partial charge in [-0.05, 0) is 43.0 Å². The minimum atomic E-state index is -3.45. The van der Waals surface area contributed by atoms with Gasteiger partial charge in [-0.2, -0.15) is 5.26 Å². The number of hydrogen-bond donors (Lipinski definition) is 2. The van der Waals surface area contributed by atoms with E-state index in [0.717, 1.165) is 16.7 Å². The second kappa shape index (κ2) is 7.76. The van der Waals surface area contributed by atoms with E-state index in [1.807, 2.05) is 18.3 Å². The van der Waals surface area contributed by atoms with Gasteiger partial charge in [0.25, 0.3) is 5.89 Å². The lowest BCUT2D eigenvalue weighted by atomic mass is 9.81. The minimum Gasteiger partial charge on any atom is -0.421 e. The lowest BCUT2D eigenvalue weighted by molar-refractivity contribution is 0.311. The number of pyridine rings is 1. The third-order valence-corrected chi connectivity index (χ3v) is 7.59. The summed E-state index contributed by atoms with van der Waals surface area (Å²) >= 11 is 0. The average Bonchev–Trinajstić information content (AvgIpc) is 3.41. The maximum absolute atomic E-state index is 12.8. The number of hydrogen-bond acceptors (Lipinski definition) is 8. The number of H-pyrrole nitrogens is 1. The van der Waals surface area contributed by atoms with Gasteiger partial charge < -0.3 is 14.7 Å². The molecule has 2 N–H and O–H groups in total. The van der Waals surface area contributed by atoms with E-state index < -0.39 is 9.84 Å². The summed E-state index contributed by atoms with van der Waals surface area (Å²) in [7, 11) is -3.45. The van der Waals surface area contributed by atoms with Crippen LogP contribution in [0.2, 0.25) is 0 Å². The van der Waals surface area contributed by atoms with Crippen LogP contribution in [0, 0.1) is 24.2 Å². The van der Waals surface area contributed by atoms with Crippen LogP contribution in [0.25, 0.3) is 22.5 Å². The molecule has 4 aromatic rings. The summed E-state index contributed by atoms with van der Waals surface area (Å²) in [6, 6.07) is 10.2. The highest BCUT2D eigenvalue weighted by molar-refractivity contribution is 7.91. The number of rotatable bonds is 6. The molecule has 162 valence electrons. The first-order chi connectivity index (χ1) is 15.4. The van der Waals surface area contributed by atoms with Crippen molar-refractivity contribution < 1.29 is 12.8 Å². The Morgan fingerprint density at radius 1 is 1.28 bits per heavy atom. The van der Waals surface area contributed by atoms with Crippen molar-refractivity contribution in [3.63, 3.8) is 0 Å². The van der Waals surface area contributed by atoms with Crippen LogP contribution in [0.3, 0.4) is 0 Å². The molecule has 32 heavy (non-hydrogen) atoms. The van der Waals surface area contributed by atoms with Crippen molar-refractivity contribution in [1.29, 1.82) is 5.26 Å². The number of aryl methyl sites for hydroxylation is 1. The number of aromatic amines is 1. The van der Waals surface area contributed by atoms with Crippen LogP contribution < -0.4 is 5.32 Å². The zero-order valence-corrected chi connectivity index (χ0v) is 18.1. The van der Waals surface area contributed by atoms with E-state index in [9.17, 15) is 8.42 Å². The van der Waals surface area contributed by atoms with Gasteiger partial charge in [-0.25, -0.2) is 13.4 Å². The monoisotopic (exact) mass is 448 g/mol. The Kier molecular flexibility index (Phi) is 4.90. The molecular formula is C22H20N6O3S. The molecule has 0 atom stereocenters. The number of nitrogens with zero attached hydrogens (tertiary/aromatic N) is 4. The van der Waals surface area contributed by atoms with E-state index in [1.54, 1.807) is 31.3 Å². The van der Waals surface area contributed by atoms with Gasteiger partial charge in [0.05, 0.1) is 33.5 Å². The molecule has 0 bridgehead atoms. The van der Waals surface area contributed by atoms with E-state index in [0.29, 0.717) is 35.7 Å². The normalized spacial score (nSPS) is 18.2. The van der Waals surface area contributed by atoms with E-state index in [-0.39, 0.29) is 22.6 Å². The summed E-state index contributed by atoms with van der Waals surface area (Å²) in [5, 5.41) is 21.5. The van der Waals surface area contributed by atoms with Crippen molar-refractivity contribution >= 4 is 26.6 Å². The Morgan fingerprint density at radius 2 is 2.12 bits per heavy atom. The third kappa shape index (κ3) is 3.71. The van der Waals surface area contributed by atoms with Crippen LogP contribution in [0.4, 0.5) is 5.69 Å². The number of benzene rings is 1. The summed E-state index contributed by atoms with van der Waals surface area (Å²) in [5.74, 6) is 0.956. The largest absolute Gasteiger partial charge is 0.421 e. The van der Waals surface area contributed by atoms with Gasteiger partial charge in [0.15, 0.2) is 9.84 Å². The van der Waals surface area contributed by atoms with Gasteiger partial charge in [-0.15, -0.1) is 10.2 Å². The van der Waals surface area contributed by atoms with Gasteiger partial charge in [0, 0.05) is 30.7 Å². The van der Waals surface area contributed by atoms with Crippen LogP contribution in [-0.2, 0) is 9.84 Å². The first kappa shape index (κ1) is 20.2.